The van der Waals surface area contributed by atoms with Crippen molar-refractivity contribution in [3.8, 4) is 0 Å². The van der Waals surface area contributed by atoms with E-state index >= 15 is 0 Å². The Bertz CT molecular complexity index is 1130. The lowest BCUT2D eigenvalue weighted by atomic mass is 9.92. The molecule has 1 unspecified atom stereocenters. The van der Waals surface area contributed by atoms with Crippen molar-refractivity contribution in [2.24, 2.45) is 0 Å². The van der Waals surface area contributed by atoms with E-state index in [0.29, 0.717) is 0 Å². The monoisotopic (exact) mass is 403 g/mol. The first-order chi connectivity index (χ1) is 15.2. The minimum Gasteiger partial charge on any atom is -0.374 e. The summed E-state index contributed by atoms with van der Waals surface area (Å²) in [7, 11) is 0. The van der Waals surface area contributed by atoms with E-state index in [0.717, 1.165) is 12.1 Å². The lowest BCUT2D eigenvalue weighted by Gasteiger charge is -2.26. The second-order valence-electron chi connectivity index (χ2n) is 7.95. The Balaban J connectivity index is 1.69. The van der Waals surface area contributed by atoms with Gasteiger partial charge in [-0.3, -0.25) is 0 Å². The number of hydrogen-bond acceptors (Lipinski definition) is 1. The van der Waals surface area contributed by atoms with E-state index in [1.165, 1.54) is 39.0 Å². The van der Waals surface area contributed by atoms with Crippen LogP contribution in [0.15, 0.2) is 121 Å². The van der Waals surface area contributed by atoms with Gasteiger partial charge in [0.25, 0.3) is 0 Å². The van der Waals surface area contributed by atoms with Gasteiger partial charge in [0.15, 0.2) is 0 Å². The van der Waals surface area contributed by atoms with Crippen LogP contribution in [0.2, 0.25) is 0 Å². The maximum atomic E-state index is 4.01. The summed E-state index contributed by atoms with van der Waals surface area (Å²) in [5, 5.41) is 3.67. The Kier molecular flexibility index (Phi) is 6.33. The molecule has 0 saturated carbocycles. The van der Waals surface area contributed by atoms with Crippen molar-refractivity contribution in [1.29, 1.82) is 0 Å². The van der Waals surface area contributed by atoms with Crippen molar-refractivity contribution in [3.05, 3.63) is 138 Å². The van der Waals surface area contributed by atoms with Gasteiger partial charge in [0.1, 0.15) is 0 Å². The molecule has 1 heterocycles. The quantitative estimate of drug-likeness (QED) is 0.510. The molecule has 0 saturated heterocycles. The summed E-state index contributed by atoms with van der Waals surface area (Å²) in [6, 6.07) is 19.5. The molecule has 1 nitrogen and oxygen atoms in total. The van der Waals surface area contributed by atoms with E-state index in [1.54, 1.807) is 0 Å². The van der Waals surface area contributed by atoms with Crippen LogP contribution in [0.4, 0.5) is 0 Å². The summed E-state index contributed by atoms with van der Waals surface area (Å²) in [5.41, 5.74) is 9.85. The summed E-state index contributed by atoms with van der Waals surface area (Å²) in [5.74, 6) is 0. The van der Waals surface area contributed by atoms with E-state index in [4.69, 9.17) is 0 Å². The molecule has 4 rings (SSSR count). The number of rotatable bonds is 5. The van der Waals surface area contributed by atoms with Gasteiger partial charge in [0.05, 0.1) is 6.04 Å². The fourth-order valence-electron chi connectivity index (χ4n) is 4.02. The summed E-state index contributed by atoms with van der Waals surface area (Å²) in [6.45, 7) is 8.20. The molecule has 1 aliphatic heterocycles. The molecule has 2 aliphatic rings. The molecule has 0 fully saturated rings. The van der Waals surface area contributed by atoms with Crippen LogP contribution in [-0.4, -0.2) is 6.04 Å². The van der Waals surface area contributed by atoms with Crippen LogP contribution in [0.3, 0.4) is 0 Å². The third-order valence-corrected chi connectivity index (χ3v) is 5.82. The lowest BCUT2D eigenvalue weighted by molar-refractivity contribution is 0.821. The Hall–Kier alpha value is -3.58. The Morgan fingerprint density at radius 2 is 1.71 bits per heavy atom. The van der Waals surface area contributed by atoms with Crippen LogP contribution in [0.5, 0.6) is 0 Å². The Morgan fingerprint density at radius 3 is 2.42 bits per heavy atom. The van der Waals surface area contributed by atoms with Crippen molar-refractivity contribution in [2.45, 2.75) is 26.3 Å². The molecule has 0 bridgehead atoms. The SMILES string of the molecule is C=C/C(=C\C)C1C=C(c2ccc(C3=CC=C(C)C=CC3)cc2)C=C(c2ccccc2)N1. The minimum absolute atomic E-state index is 0.0974. The first-order valence-corrected chi connectivity index (χ1v) is 10.9. The van der Waals surface area contributed by atoms with E-state index in [2.05, 4.69) is 123 Å². The maximum absolute atomic E-state index is 4.01. The van der Waals surface area contributed by atoms with Gasteiger partial charge in [-0.1, -0.05) is 103 Å². The number of nitrogens with one attached hydrogen (secondary N) is 1. The van der Waals surface area contributed by atoms with Gasteiger partial charge in [-0.05, 0) is 65.8 Å². The molecule has 2 aromatic rings. The van der Waals surface area contributed by atoms with Gasteiger partial charge in [-0.15, -0.1) is 0 Å². The largest absolute Gasteiger partial charge is 0.374 e. The highest BCUT2D eigenvalue weighted by molar-refractivity contribution is 5.87. The fraction of sp³-hybridized carbons (Fsp3) is 0.133. The van der Waals surface area contributed by atoms with Crippen LogP contribution in [0, 0.1) is 0 Å². The Labute approximate surface area is 186 Å². The second-order valence-corrected chi connectivity index (χ2v) is 7.95. The molecule has 0 aromatic heterocycles. The molecular weight excluding hydrogens is 374 g/mol. The van der Waals surface area contributed by atoms with Gasteiger partial charge in [-0.2, -0.15) is 0 Å². The van der Waals surface area contributed by atoms with Gasteiger partial charge >= 0.3 is 0 Å². The van der Waals surface area contributed by atoms with Crippen LogP contribution in [0.25, 0.3) is 16.8 Å². The van der Waals surface area contributed by atoms with Crippen molar-refractivity contribution in [2.75, 3.05) is 0 Å². The molecule has 0 spiro atoms. The zero-order valence-electron chi connectivity index (χ0n) is 18.3. The average Bonchev–Trinajstić information content (AvgIpc) is 3.05. The zero-order valence-corrected chi connectivity index (χ0v) is 18.3. The molecule has 154 valence electrons. The predicted molar refractivity (Wildman–Crippen MR) is 135 cm³/mol. The Morgan fingerprint density at radius 1 is 0.968 bits per heavy atom. The van der Waals surface area contributed by atoms with E-state index < -0.39 is 0 Å². The van der Waals surface area contributed by atoms with E-state index in [-0.39, 0.29) is 6.04 Å². The molecule has 31 heavy (non-hydrogen) atoms. The van der Waals surface area contributed by atoms with Crippen LogP contribution in [-0.2, 0) is 0 Å². The van der Waals surface area contributed by atoms with Crippen LogP contribution in [0.1, 0.15) is 37.0 Å². The number of benzene rings is 2. The van der Waals surface area contributed by atoms with Crippen LogP contribution < -0.4 is 5.32 Å². The first kappa shape index (κ1) is 20.7. The van der Waals surface area contributed by atoms with Crippen molar-refractivity contribution in [3.63, 3.8) is 0 Å². The second kappa shape index (κ2) is 9.49. The molecule has 0 amide bonds. The third-order valence-electron chi connectivity index (χ3n) is 5.82. The van der Waals surface area contributed by atoms with Gasteiger partial charge in [-0.25, -0.2) is 0 Å². The summed E-state index contributed by atoms with van der Waals surface area (Å²) >= 11 is 0. The summed E-state index contributed by atoms with van der Waals surface area (Å²) < 4.78 is 0. The van der Waals surface area contributed by atoms with E-state index in [1.807, 2.05) is 6.08 Å². The molecular formula is C30H29N. The van der Waals surface area contributed by atoms with Gasteiger partial charge < -0.3 is 5.32 Å². The summed E-state index contributed by atoms with van der Waals surface area (Å²) in [4.78, 5) is 0. The maximum Gasteiger partial charge on any atom is 0.0703 e. The number of dihydropyridines is 1. The smallest absolute Gasteiger partial charge is 0.0703 e. The average molecular weight is 404 g/mol. The van der Waals surface area contributed by atoms with Crippen LogP contribution >= 0.6 is 0 Å². The first-order valence-electron chi connectivity index (χ1n) is 10.9. The molecule has 1 N–H and O–H groups in total. The highest BCUT2D eigenvalue weighted by Gasteiger charge is 2.18. The zero-order chi connectivity index (χ0) is 21.6. The topological polar surface area (TPSA) is 12.0 Å². The molecule has 1 aliphatic carbocycles. The molecule has 2 aromatic carbocycles. The van der Waals surface area contributed by atoms with Gasteiger partial charge in [0.2, 0.25) is 0 Å². The predicted octanol–water partition coefficient (Wildman–Crippen LogP) is 7.50. The van der Waals surface area contributed by atoms with Gasteiger partial charge in [0, 0.05) is 5.70 Å². The minimum atomic E-state index is 0.0974. The van der Waals surface area contributed by atoms with Crippen molar-refractivity contribution in [1.82, 2.24) is 5.32 Å². The summed E-state index contributed by atoms with van der Waals surface area (Å²) in [6.07, 6.45) is 18.4. The fourth-order valence-corrected chi connectivity index (χ4v) is 4.02. The third kappa shape index (κ3) is 4.78. The highest BCUT2D eigenvalue weighted by atomic mass is 14.9. The molecule has 1 atom stereocenters. The standard InChI is InChI=1S/C30H29N/c1-4-23(5-2)29-20-28(21-30(31-29)27-11-7-6-8-12-27)26-18-16-25(17-19-26)24-13-9-10-22(3)14-15-24/h4-12,14-21,29,31H,1,13H2,2-3H3/b23-5+. The normalized spacial score (nSPS) is 18.8. The number of hydrogen-bond donors (Lipinski definition) is 1. The molecule has 0 radical (unpaired) electrons. The highest BCUT2D eigenvalue weighted by Crippen LogP contribution is 2.30. The van der Waals surface area contributed by atoms with Crippen molar-refractivity contribution >= 4 is 16.8 Å². The van der Waals surface area contributed by atoms with E-state index in [9.17, 15) is 0 Å². The molecule has 1 heteroatoms. The number of allylic oxidation sites excluding steroid dienone is 9. The lowest BCUT2D eigenvalue weighted by Crippen LogP contribution is -2.30. The van der Waals surface area contributed by atoms with Crippen molar-refractivity contribution < 1.29 is 0 Å².